The lowest BCUT2D eigenvalue weighted by Gasteiger charge is -2.19. The first kappa shape index (κ1) is 13.8. The second-order valence-corrected chi connectivity index (χ2v) is 5.65. The van der Waals surface area contributed by atoms with E-state index in [-0.39, 0.29) is 11.9 Å². The number of hydrogen-bond acceptors (Lipinski definition) is 2. The Kier molecular flexibility index (Phi) is 3.52. The minimum atomic E-state index is 0.150. The molecule has 1 atom stereocenters. The average Bonchev–Trinajstić information content (AvgIpc) is 2.77. The number of carbonyl (C=O) groups excluding carboxylic acids is 1. The molecule has 1 aliphatic heterocycles. The molecule has 0 bridgehead atoms. The van der Waals surface area contributed by atoms with Crippen molar-refractivity contribution in [1.82, 2.24) is 5.32 Å². The second kappa shape index (κ2) is 5.34. The number of aryl methyl sites for hydroxylation is 1. The summed E-state index contributed by atoms with van der Waals surface area (Å²) >= 11 is 0. The first-order chi connectivity index (χ1) is 10.1. The van der Waals surface area contributed by atoms with Gasteiger partial charge in [0.05, 0.1) is 12.5 Å². The van der Waals surface area contributed by atoms with E-state index in [1.54, 1.807) is 4.90 Å². The zero-order chi connectivity index (χ0) is 15.0. The van der Waals surface area contributed by atoms with Gasteiger partial charge in [-0.1, -0.05) is 42.0 Å². The fourth-order valence-electron chi connectivity index (χ4n) is 2.95. The number of anilines is 1. The lowest BCUT2D eigenvalue weighted by Crippen LogP contribution is -2.20. The number of fused-ring (bicyclic) bond motifs is 1. The monoisotopic (exact) mass is 280 g/mol. The van der Waals surface area contributed by atoms with Gasteiger partial charge in [0.25, 0.3) is 0 Å². The van der Waals surface area contributed by atoms with Crippen molar-refractivity contribution in [2.45, 2.75) is 19.4 Å². The predicted molar refractivity (Wildman–Crippen MR) is 85.6 cm³/mol. The van der Waals surface area contributed by atoms with Gasteiger partial charge < -0.3 is 10.2 Å². The molecule has 3 nitrogen and oxygen atoms in total. The van der Waals surface area contributed by atoms with Gasteiger partial charge >= 0.3 is 0 Å². The maximum atomic E-state index is 11.8. The van der Waals surface area contributed by atoms with Crippen LogP contribution in [-0.2, 0) is 11.2 Å². The molecule has 1 unspecified atom stereocenters. The van der Waals surface area contributed by atoms with Gasteiger partial charge in [0.2, 0.25) is 5.91 Å². The Balaban J connectivity index is 1.97. The molecular weight excluding hydrogens is 260 g/mol. The molecule has 0 spiro atoms. The van der Waals surface area contributed by atoms with Crippen LogP contribution in [0.15, 0.2) is 42.5 Å². The number of nitrogens with one attached hydrogen (secondary N) is 1. The number of nitrogens with zero attached hydrogens (tertiary/aromatic N) is 1. The van der Waals surface area contributed by atoms with Gasteiger partial charge in [0.1, 0.15) is 0 Å². The molecule has 1 aliphatic rings. The van der Waals surface area contributed by atoms with Gasteiger partial charge in [0.15, 0.2) is 0 Å². The van der Waals surface area contributed by atoms with Crippen molar-refractivity contribution < 1.29 is 4.79 Å². The van der Waals surface area contributed by atoms with E-state index in [0.717, 1.165) is 11.3 Å². The molecule has 21 heavy (non-hydrogen) atoms. The first-order valence-electron chi connectivity index (χ1n) is 7.23. The fourth-order valence-corrected chi connectivity index (χ4v) is 2.95. The summed E-state index contributed by atoms with van der Waals surface area (Å²) in [6, 6.07) is 15.0. The molecule has 3 heteroatoms. The molecule has 0 aliphatic carbocycles. The average molecular weight is 280 g/mol. The van der Waals surface area contributed by atoms with Crippen molar-refractivity contribution in [2.24, 2.45) is 0 Å². The number of carbonyl (C=O) groups is 1. The minimum Gasteiger partial charge on any atom is -0.315 e. The highest BCUT2D eigenvalue weighted by molar-refractivity contribution is 6.00. The molecule has 2 aromatic carbocycles. The molecular formula is C18H20N2O. The summed E-state index contributed by atoms with van der Waals surface area (Å²) in [6.07, 6.45) is 0.504. The van der Waals surface area contributed by atoms with Gasteiger partial charge in [-0.2, -0.15) is 0 Å². The Hall–Kier alpha value is -2.13. The Morgan fingerprint density at radius 3 is 2.43 bits per heavy atom. The standard InChI is InChI=1S/C18H20N2O/c1-12-4-6-13(7-5-12)18(19-2)14-8-9-16-15(10-14)11-17(21)20(16)3/h4-10,18-19H,11H2,1-3H3. The van der Waals surface area contributed by atoms with Gasteiger partial charge in [-0.25, -0.2) is 0 Å². The number of amides is 1. The Bertz CT molecular complexity index is 676. The van der Waals surface area contributed by atoms with Gasteiger partial charge in [0, 0.05) is 12.7 Å². The molecule has 1 N–H and O–H groups in total. The minimum absolute atomic E-state index is 0.150. The number of rotatable bonds is 3. The van der Waals surface area contributed by atoms with Crippen LogP contribution in [0.5, 0.6) is 0 Å². The molecule has 0 fully saturated rings. The summed E-state index contributed by atoms with van der Waals surface area (Å²) in [5.41, 5.74) is 5.84. The van der Waals surface area contributed by atoms with E-state index in [1.165, 1.54) is 16.7 Å². The van der Waals surface area contributed by atoms with Crippen molar-refractivity contribution in [3.63, 3.8) is 0 Å². The third-order valence-corrected chi connectivity index (χ3v) is 4.21. The summed E-state index contributed by atoms with van der Waals surface area (Å²) in [6.45, 7) is 2.09. The van der Waals surface area contributed by atoms with E-state index in [0.29, 0.717) is 6.42 Å². The molecule has 3 rings (SSSR count). The highest BCUT2D eigenvalue weighted by atomic mass is 16.2. The van der Waals surface area contributed by atoms with E-state index in [2.05, 4.69) is 48.6 Å². The van der Waals surface area contributed by atoms with E-state index in [9.17, 15) is 4.79 Å². The van der Waals surface area contributed by atoms with Crippen LogP contribution in [0, 0.1) is 6.92 Å². The highest BCUT2D eigenvalue weighted by Gasteiger charge is 2.25. The molecule has 0 radical (unpaired) electrons. The van der Waals surface area contributed by atoms with Crippen LogP contribution in [0.1, 0.15) is 28.3 Å². The van der Waals surface area contributed by atoms with Crippen molar-refractivity contribution >= 4 is 11.6 Å². The lowest BCUT2D eigenvalue weighted by atomic mass is 9.96. The molecule has 0 saturated heterocycles. The van der Waals surface area contributed by atoms with E-state index in [1.807, 2.05) is 20.2 Å². The molecule has 108 valence electrons. The van der Waals surface area contributed by atoms with Crippen molar-refractivity contribution in [1.29, 1.82) is 0 Å². The highest BCUT2D eigenvalue weighted by Crippen LogP contribution is 2.31. The third-order valence-electron chi connectivity index (χ3n) is 4.21. The van der Waals surface area contributed by atoms with Crippen LogP contribution in [0.3, 0.4) is 0 Å². The maximum absolute atomic E-state index is 11.8. The van der Waals surface area contributed by atoms with Gasteiger partial charge in [-0.3, -0.25) is 4.79 Å². The SMILES string of the molecule is CNC(c1ccc(C)cc1)c1ccc2c(c1)CC(=O)N2C. The van der Waals surface area contributed by atoms with Crippen LogP contribution in [0.25, 0.3) is 0 Å². The zero-order valence-corrected chi connectivity index (χ0v) is 12.7. The molecule has 2 aromatic rings. The van der Waals surface area contributed by atoms with Crippen LogP contribution >= 0.6 is 0 Å². The van der Waals surface area contributed by atoms with Crippen LogP contribution in [0.4, 0.5) is 5.69 Å². The second-order valence-electron chi connectivity index (χ2n) is 5.65. The number of hydrogen-bond donors (Lipinski definition) is 1. The summed E-state index contributed by atoms with van der Waals surface area (Å²) < 4.78 is 0. The Morgan fingerprint density at radius 1 is 1.10 bits per heavy atom. The molecule has 0 saturated carbocycles. The van der Waals surface area contributed by atoms with E-state index < -0.39 is 0 Å². The lowest BCUT2D eigenvalue weighted by molar-refractivity contribution is -0.117. The Labute approximate surface area is 125 Å². The van der Waals surface area contributed by atoms with Crippen LogP contribution in [0.2, 0.25) is 0 Å². The summed E-state index contributed by atoms with van der Waals surface area (Å²) in [5.74, 6) is 0.165. The van der Waals surface area contributed by atoms with E-state index >= 15 is 0 Å². The molecule has 1 amide bonds. The third kappa shape index (κ3) is 2.45. The zero-order valence-electron chi connectivity index (χ0n) is 12.7. The topological polar surface area (TPSA) is 32.3 Å². The Morgan fingerprint density at radius 2 is 1.76 bits per heavy atom. The molecule has 1 heterocycles. The van der Waals surface area contributed by atoms with Crippen molar-refractivity contribution in [3.05, 3.63) is 64.7 Å². The summed E-state index contributed by atoms with van der Waals surface area (Å²) in [7, 11) is 3.80. The number of benzene rings is 2. The van der Waals surface area contributed by atoms with Crippen LogP contribution < -0.4 is 10.2 Å². The normalized spacial score (nSPS) is 15.2. The van der Waals surface area contributed by atoms with Crippen LogP contribution in [-0.4, -0.2) is 20.0 Å². The number of likely N-dealkylation sites (N-methyl/N-ethyl adjacent to an activating group) is 1. The quantitative estimate of drug-likeness (QED) is 0.937. The molecule has 0 aromatic heterocycles. The first-order valence-corrected chi connectivity index (χ1v) is 7.23. The van der Waals surface area contributed by atoms with Crippen molar-refractivity contribution in [2.75, 3.05) is 19.0 Å². The predicted octanol–water partition coefficient (Wildman–Crippen LogP) is 2.82. The fraction of sp³-hybridized carbons (Fsp3) is 0.278. The summed E-state index contributed by atoms with van der Waals surface area (Å²) in [5, 5.41) is 3.37. The van der Waals surface area contributed by atoms with Gasteiger partial charge in [-0.15, -0.1) is 0 Å². The van der Waals surface area contributed by atoms with Gasteiger partial charge in [-0.05, 0) is 36.7 Å². The summed E-state index contributed by atoms with van der Waals surface area (Å²) in [4.78, 5) is 13.5. The largest absolute Gasteiger partial charge is 0.315 e. The van der Waals surface area contributed by atoms with E-state index in [4.69, 9.17) is 0 Å². The smallest absolute Gasteiger partial charge is 0.231 e. The maximum Gasteiger partial charge on any atom is 0.231 e. The van der Waals surface area contributed by atoms with Crippen molar-refractivity contribution in [3.8, 4) is 0 Å².